The molecule has 0 N–H and O–H groups in total. The summed E-state index contributed by atoms with van der Waals surface area (Å²) in [6.07, 6.45) is 7.57. The first-order chi connectivity index (χ1) is 15.5. The minimum atomic E-state index is 0.599. The lowest BCUT2D eigenvalue weighted by Gasteiger charge is -2.19. The number of rotatable bonds is 6. The Labute approximate surface area is 194 Å². The average molecular weight is 421 g/mol. The maximum atomic E-state index is 4.53. The zero-order valence-electron chi connectivity index (χ0n) is 20.0. The van der Waals surface area contributed by atoms with Gasteiger partial charge in [-0.15, -0.1) is 0 Å². The van der Waals surface area contributed by atoms with E-state index in [1.54, 1.807) is 11.1 Å². The van der Waals surface area contributed by atoms with Crippen LogP contribution >= 0.6 is 0 Å². The summed E-state index contributed by atoms with van der Waals surface area (Å²) in [7, 11) is 0. The Morgan fingerprint density at radius 2 is 1.59 bits per heavy atom. The van der Waals surface area contributed by atoms with Crippen LogP contribution in [0.2, 0.25) is 0 Å². The fraction of sp³-hybridized carbons (Fsp3) is 0.375. The smallest absolute Gasteiger partial charge is 0.0149 e. The van der Waals surface area contributed by atoms with Crippen molar-refractivity contribution in [3.63, 3.8) is 0 Å². The Balaban J connectivity index is 1.37. The Morgan fingerprint density at radius 1 is 0.812 bits per heavy atom. The first-order valence-electron chi connectivity index (χ1n) is 12.5. The van der Waals surface area contributed by atoms with Crippen LogP contribution in [-0.2, 0) is 6.42 Å². The highest BCUT2D eigenvalue weighted by Crippen LogP contribution is 2.47. The van der Waals surface area contributed by atoms with Crippen LogP contribution < -0.4 is 0 Å². The summed E-state index contributed by atoms with van der Waals surface area (Å²) < 4.78 is 0. The van der Waals surface area contributed by atoms with Gasteiger partial charge in [-0.3, -0.25) is 0 Å². The molecule has 2 aliphatic rings. The second-order valence-electron chi connectivity index (χ2n) is 10.2. The molecule has 2 fully saturated rings. The highest BCUT2D eigenvalue weighted by molar-refractivity contribution is 5.70. The van der Waals surface area contributed by atoms with E-state index >= 15 is 0 Å². The maximum absolute atomic E-state index is 4.53. The molecular formula is C32H36. The largest absolute Gasteiger partial charge is 0.0950 e. The van der Waals surface area contributed by atoms with Crippen LogP contribution in [0.3, 0.4) is 0 Å². The van der Waals surface area contributed by atoms with Crippen LogP contribution in [0.15, 0.2) is 67.2 Å². The summed E-state index contributed by atoms with van der Waals surface area (Å²) >= 11 is 0. The Bertz CT molecular complexity index is 1140. The maximum Gasteiger partial charge on any atom is -0.0149 e. The lowest BCUT2D eigenvalue weighted by Crippen LogP contribution is -2.02. The highest BCUT2D eigenvalue weighted by Gasteiger charge is 2.30. The van der Waals surface area contributed by atoms with Crippen molar-refractivity contribution in [2.24, 2.45) is 5.92 Å². The molecule has 5 rings (SSSR count). The van der Waals surface area contributed by atoms with Gasteiger partial charge >= 0.3 is 0 Å². The summed E-state index contributed by atoms with van der Waals surface area (Å²) in [4.78, 5) is 0. The van der Waals surface area contributed by atoms with Crippen molar-refractivity contribution in [2.45, 2.75) is 71.1 Å². The highest BCUT2D eigenvalue weighted by atomic mass is 14.3. The van der Waals surface area contributed by atoms with Gasteiger partial charge in [-0.05, 0) is 120 Å². The molecule has 32 heavy (non-hydrogen) atoms. The summed E-state index contributed by atoms with van der Waals surface area (Å²) in [6, 6.07) is 23.2. The van der Waals surface area contributed by atoms with E-state index < -0.39 is 0 Å². The Kier molecular flexibility index (Phi) is 5.80. The summed E-state index contributed by atoms with van der Waals surface area (Å²) in [5.41, 5.74) is 12.9. The minimum absolute atomic E-state index is 0.599. The van der Waals surface area contributed by atoms with Crippen molar-refractivity contribution in [2.75, 3.05) is 0 Å². The van der Waals surface area contributed by atoms with Crippen molar-refractivity contribution in [1.29, 1.82) is 0 Å². The van der Waals surface area contributed by atoms with Gasteiger partial charge in [0.05, 0.1) is 0 Å². The van der Waals surface area contributed by atoms with E-state index in [4.69, 9.17) is 0 Å². The molecule has 0 heterocycles. The molecule has 2 saturated carbocycles. The van der Waals surface area contributed by atoms with Crippen molar-refractivity contribution < 1.29 is 0 Å². The first kappa shape index (κ1) is 21.3. The van der Waals surface area contributed by atoms with Gasteiger partial charge in [0.15, 0.2) is 0 Å². The van der Waals surface area contributed by atoms with Gasteiger partial charge in [0.2, 0.25) is 0 Å². The number of hydrogen-bond donors (Lipinski definition) is 0. The molecule has 0 heteroatoms. The molecule has 0 radical (unpaired) electrons. The Hall–Kier alpha value is -2.60. The van der Waals surface area contributed by atoms with Crippen molar-refractivity contribution in [1.82, 2.24) is 0 Å². The number of hydrogen-bond acceptors (Lipinski definition) is 0. The molecule has 0 aromatic heterocycles. The molecule has 0 bridgehead atoms. The third-order valence-corrected chi connectivity index (χ3v) is 8.06. The van der Waals surface area contributed by atoms with Crippen molar-refractivity contribution in [3.05, 3.63) is 101 Å². The monoisotopic (exact) mass is 420 g/mol. The normalized spacial score (nSPS) is 20.5. The molecule has 2 unspecified atom stereocenters. The molecule has 0 saturated heterocycles. The minimum Gasteiger partial charge on any atom is -0.0950 e. The molecule has 0 amide bonds. The Morgan fingerprint density at radius 3 is 2.34 bits per heavy atom. The number of benzene rings is 3. The van der Waals surface area contributed by atoms with Crippen LogP contribution in [-0.4, -0.2) is 0 Å². The molecule has 2 aliphatic carbocycles. The topological polar surface area (TPSA) is 0 Å². The number of allylic oxidation sites excluding steroid dienone is 1. The van der Waals surface area contributed by atoms with E-state index in [1.807, 2.05) is 0 Å². The van der Waals surface area contributed by atoms with Crippen LogP contribution in [0.5, 0.6) is 0 Å². The second kappa shape index (κ2) is 8.74. The zero-order valence-corrected chi connectivity index (χ0v) is 20.0. The standard InChI is InChI=1S/C32H36/c1-5-24-19-29(32-9-7-6-8-31(32)25-12-13-25)16-17-30(24)28-15-14-27(20-28)23(4)26-11-10-21(2)22(3)18-26/h6-11,16-19,25,27-28H,4-5,12-15,20H2,1-3H3. The zero-order chi connectivity index (χ0) is 22.2. The molecule has 0 nitrogen and oxygen atoms in total. The van der Waals surface area contributed by atoms with Gasteiger partial charge in [0, 0.05) is 0 Å². The lowest BCUT2D eigenvalue weighted by molar-refractivity contribution is 0.670. The SMILES string of the molecule is C=C(c1ccc(C)c(C)c1)C1CCC(c2ccc(-c3ccccc3C3CC3)cc2CC)C1. The van der Waals surface area contributed by atoms with Gasteiger partial charge in [-0.25, -0.2) is 0 Å². The predicted octanol–water partition coefficient (Wildman–Crippen LogP) is 9.01. The molecule has 0 spiro atoms. The van der Waals surface area contributed by atoms with Crippen molar-refractivity contribution >= 4 is 5.57 Å². The van der Waals surface area contributed by atoms with Gasteiger partial charge in [0.25, 0.3) is 0 Å². The fourth-order valence-corrected chi connectivity index (χ4v) is 5.75. The van der Waals surface area contributed by atoms with Gasteiger partial charge in [-0.2, -0.15) is 0 Å². The van der Waals surface area contributed by atoms with E-state index in [-0.39, 0.29) is 0 Å². The summed E-state index contributed by atoms with van der Waals surface area (Å²) in [5, 5.41) is 0. The van der Waals surface area contributed by atoms with E-state index in [0.29, 0.717) is 11.8 Å². The quantitative estimate of drug-likeness (QED) is 0.373. The van der Waals surface area contributed by atoms with Crippen LogP contribution in [0, 0.1) is 19.8 Å². The summed E-state index contributed by atoms with van der Waals surface area (Å²) in [5.74, 6) is 2.04. The predicted molar refractivity (Wildman–Crippen MR) is 138 cm³/mol. The third-order valence-electron chi connectivity index (χ3n) is 8.06. The third kappa shape index (κ3) is 4.08. The lowest BCUT2D eigenvalue weighted by atomic mass is 9.86. The molecule has 3 aromatic rings. The van der Waals surface area contributed by atoms with Crippen LogP contribution in [0.1, 0.15) is 84.2 Å². The van der Waals surface area contributed by atoms with E-state index in [2.05, 4.69) is 88.0 Å². The average Bonchev–Trinajstić information content (AvgIpc) is 3.56. The van der Waals surface area contributed by atoms with Crippen molar-refractivity contribution in [3.8, 4) is 11.1 Å². The second-order valence-corrected chi connectivity index (χ2v) is 10.2. The molecule has 3 aromatic carbocycles. The molecule has 0 aliphatic heterocycles. The van der Waals surface area contributed by atoms with E-state index in [9.17, 15) is 0 Å². The number of aryl methyl sites for hydroxylation is 3. The summed E-state index contributed by atoms with van der Waals surface area (Å²) in [6.45, 7) is 11.2. The molecule has 164 valence electrons. The van der Waals surface area contributed by atoms with E-state index in [1.165, 1.54) is 71.1 Å². The van der Waals surface area contributed by atoms with Gasteiger partial charge in [0.1, 0.15) is 0 Å². The van der Waals surface area contributed by atoms with Crippen LogP contribution in [0.25, 0.3) is 16.7 Å². The van der Waals surface area contributed by atoms with Gasteiger partial charge < -0.3 is 0 Å². The van der Waals surface area contributed by atoms with Crippen LogP contribution in [0.4, 0.5) is 0 Å². The van der Waals surface area contributed by atoms with E-state index in [0.717, 1.165) is 12.3 Å². The fourth-order valence-electron chi connectivity index (χ4n) is 5.75. The van der Waals surface area contributed by atoms with Gasteiger partial charge in [-0.1, -0.05) is 74.2 Å². The molecule has 2 atom stereocenters. The first-order valence-corrected chi connectivity index (χ1v) is 12.5. The molecular weight excluding hydrogens is 384 g/mol.